The lowest BCUT2D eigenvalue weighted by Crippen LogP contribution is -2.56. The van der Waals surface area contributed by atoms with Gasteiger partial charge < -0.3 is 19.6 Å². The highest BCUT2D eigenvalue weighted by Gasteiger charge is 2.37. The number of piperazine rings is 1. The molecule has 10 nitrogen and oxygen atoms in total. The highest BCUT2D eigenvalue weighted by atomic mass is 35.5. The number of amides is 1. The number of phenols is 1. The quantitative estimate of drug-likeness (QED) is 0.266. The molecular formula is C34H31ClN6O4. The minimum absolute atomic E-state index is 0.00503. The fraction of sp³-hybridized carbons (Fsp3) is 0.265. The van der Waals surface area contributed by atoms with Crippen molar-refractivity contribution >= 4 is 45.1 Å². The monoisotopic (exact) mass is 622 g/mol. The number of pyridine rings is 2. The summed E-state index contributed by atoms with van der Waals surface area (Å²) >= 11 is 7.21. The predicted octanol–water partition coefficient (Wildman–Crippen LogP) is 5.38. The van der Waals surface area contributed by atoms with Gasteiger partial charge in [-0.2, -0.15) is 4.98 Å². The molecule has 0 bridgehead atoms. The molecule has 1 amide bonds. The second kappa shape index (κ2) is 10.9. The molecule has 1 fully saturated rings. The topological polar surface area (TPSA) is 114 Å². The Hall–Kier alpha value is -4.96. The van der Waals surface area contributed by atoms with E-state index in [4.69, 9.17) is 21.3 Å². The number of carbonyl (C=O) groups excluding carboxylic acids is 1. The van der Waals surface area contributed by atoms with Gasteiger partial charge in [-0.05, 0) is 53.5 Å². The molecule has 5 aromatic rings. The smallest absolute Gasteiger partial charge is 0.355 e. The molecule has 0 aliphatic carbocycles. The number of fused-ring (bicyclic) bond motifs is 3. The van der Waals surface area contributed by atoms with E-state index in [1.165, 1.54) is 10.6 Å². The number of aryl methyl sites for hydroxylation is 1. The standard InChI is InChI=1S/C34H31ClN6O4/c1-5-25(43)39-12-13-40-21(16-39)17-45-31-26-32(40)38-34(44)41(30-19(4)10-11-36-28(30)18(2)3)33(26)37-29(27(31)35)24-15-22(42)14-20-8-6-7-9-23(20)24/h5-11,14-15,18,21,42H,1,12-13,16-17H2,2-4H3. The first-order chi connectivity index (χ1) is 21.7. The molecule has 2 aromatic carbocycles. The second-order valence-corrected chi connectivity index (χ2v) is 12.1. The molecule has 1 atom stereocenters. The van der Waals surface area contributed by atoms with Crippen molar-refractivity contribution in [2.24, 2.45) is 0 Å². The summed E-state index contributed by atoms with van der Waals surface area (Å²) in [4.78, 5) is 44.9. The van der Waals surface area contributed by atoms with Crippen molar-refractivity contribution in [2.45, 2.75) is 32.7 Å². The summed E-state index contributed by atoms with van der Waals surface area (Å²) < 4.78 is 8.02. The molecule has 45 heavy (non-hydrogen) atoms. The molecule has 1 unspecified atom stereocenters. The fourth-order valence-corrected chi connectivity index (χ4v) is 6.76. The molecule has 2 aliphatic heterocycles. The number of hydrogen-bond donors (Lipinski definition) is 1. The van der Waals surface area contributed by atoms with E-state index in [1.807, 2.05) is 56.0 Å². The van der Waals surface area contributed by atoms with Crippen LogP contribution in [0, 0.1) is 6.92 Å². The van der Waals surface area contributed by atoms with Crippen molar-refractivity contribution < 1.29 is 14.6 Å². The number of phenolic OH excluding ortho intramolecular Hbond substituents is 1. The maximum absolute atomic E-state index is 14.2. The molecule has 1 N–H and O–H groups in total. The highest BCUT2D eigenvalue weighted by Crippen LogP contribution is 2.47. The largest absolute Gasteiger partial charge is 0.508 e. The molecule has 11 heteroatoms. The number of halogens is 1. The minimum atomic E-state index is -0.520. The third-order valence-electron chi connectivity index (χ3n) is 8.59. The maximum Gasteiger partial charge on any atom is 0.355 e. The predicted molar refractivity (Wildman–Crippen MR) is 175 cm³/mol. The Kier molecular flexibility index (Phi) is 6.96. The average Bonchev–Trinajstić information content (AvgIpc) is 3.19. The van der Waals surface area contributed by atoms with Crippen molar-refractivity contribution in [3.8, 4) is 28.4 Å². The molecule has 0 spiro atoms. The summed E-state index contributed by atoms with van der Waals surface area (Å²) in [7, 11) is 0. The number of carbonyl (C=O) groups is 1. The van der Waals surface area contributed by atoms with Crippen molar-refractivity contribution in [1.82, 2.24) is 24.4 Å². The van der Waals surface area contributed by atoms with Crippen LogP contribution >= 0.6 is 11.6 Å². The Morgan fingerprint density at radius 3 is 2.76 bits per heavy atom. The van der Waals surface area contributed by atoms with Gasteiger partial charge in [-0.25, -0.2) is 14.3 Å². The molecule has 228 valence electrons. The van der Waals surface area contributed by atoms with Gasteiger partial charge in [0.05, 0.1) is 23.1 Å². The summed E-state index contributed by atoms with van der Waals surface area (Å²) in [5, 5.41) is 13.1. The van der Waals surface area contributed by atoms with E-state index in [0.29, 0.717) is 59.2 Å². The van der Waals surface area contributed by atoms with Crippen LogP contribution in [0.4, 0.5) is 5.82 Å². The Morgan fingerprint density at radius 2 is 1.98 bits per heavy atom. The molecular weight excluding hydrogens is 592 g/mol. The van der Waals surface area contributed by atoms with Crippen molar-refractivity contribution in [1.29, 1.82) is 0 Å². The van der Waals surface area contributed by atoms with E-state index >= 15 is 0 Å². The Balaban J connectivity index is 1.58. The maximum atomic E-state index is 14.2. The van der Waals surface area contributed by atoms with Gasteiger partial charge in [0, 0.05) is 31.4 Å². The van der Waals surface area contributed by atoms with Crippen LogP contribution in [0.5, 0.6) is 11.5 Å². The van der Waals surface area contributed by atoms with Gasteiger partial charge in [0.2, 0.25) is 5.91 Å². The number of anilines is 1. The highest BCUT2D eigenvalue weighted by molar-refractivity contribution is 6.36. The van der Waals surface area contributed by atoms with E-state index in [2.05, 4.69) is 16.5 Å². The molecule has 2 aliphatic rings. The fourth-order valence-electron chi connectivity index (χ4n) is 6.46. The summed E-state index contributed by atoms with van der Waals surface area (Å²) in [6.07, 6.45) is 3.03. The zero-order valence-corrected chi connectivity index (χ0v) is 25.9. The van der Waals surface area contributed by atoms with Crippen LogP contribution in [-0.4, -0.2) is 67.7 Å². The number of hydrogen-bond acceptors (Lipinski definition) is 8. The summed E-state index contributed by atoms with van der Waals surface area (Å²) in [6.45, 7) is 11.0. The van der Waals surface area contributed by atoms with Crippen molar-refractivity contribution in [3.63, 3.8) is 0 Å². The van der Waals surface area contributed by atoms with Crippen LogP contribution in [0.15, 0.2) is 66.1 Å². The van der Waals surface area contributed by atoms with E-state index in [0.717, 1.165) is 22.0 Å². The van der Waals surface area contributed by atoms with Gasteiger partial charge in [0.15, 0.2) is 11.4 Å². The van der Waals surface area contributed by atoms with Crippen LogP contribution in [0.2, 0.25) is 5.02 Å². The Labute approximate surface area is 264 Å². The Bertz CT molecular complexity index is 2110. The number of nitrogens with zero attached hydrogens (tertiary/aromatic N) is 6. The first-order valence-corrected chi connectivity index (χ1v) is 15.2. The first kappa shape index (κ1) is 28.8. The first-order valence-electron chi connectivity index (χ1n) is 14.8. The van der Waals surface area contributed by atoms with Crippen LogP contribution in [0.3, 0.4) is 0 Å². The van der Waals surface area contributed by atoms with Crippen molar-refractivity contribution in [3.05, 3.63) is 88.1 Å². The minimum Gasteiger partial charge on any atom is -0.508 e. The number of rotatable bonds is 4. The molecule has 0 saturated carbocycles. The van der Waals surface area contributed by atoms with Crippen LogP contribution < -0.4 is 15.3 Å². The van der Waals surface area contributed by atoms with Gasteiger partial charge in [0.25, 0.3) is 0 Å². The van der Waals surface area contributed by atoms with E-state index in [-0.39, 0.29) is 35.2 Å². The van der Waals surface area contributed by atoms with Gasteiger partial charge in [0.1, 0.15) is 28.6 Å². The lowest BCUT2D eigenvalue weighted by atomic mass is 10.00. The van der Waals surface area contributed by atoms with Crippen LogP contribution in [0.1, 0.15) is 31.0 Å². The summed E-state index contributed by atoms with van der Waals surface area (Å²) in [6, 6.07) is 12.5. The lowest BCUT2D eigenvalue weighted by Gasteiger charge is -2.40. The van der Waals surface area contributed by atoms with Gasteiger partial charge >= 0.3 is 5.69 Å². The molecule has 3 aromatic heterocycles. The summed E-state index contributed by atoms with van der Waals surface area (Å²) in [5.74, 6) is 0.619. The van der Waals surface area contributed by atoms with E-state index < -0.39 is 5.69 Å². The lowest BCUT2D eigenvalue weighted by molar-refractivity contribution is -0.126. The molecule has 5 heterocycles. The number of ether oxygens (including phenoxy) is 1. The second-order valence-electron chi connectivity index (χ2n) is 11.7. The van der Waals surface area contributed by atoms with Gasteiger partial charge in [-0.15, -0.1) is 0 Å². The van der Waals surface area contributed by atoms with Gasteiger partial charge in [-0.3, -0.25) is 9.78 Å². The summed E-state index contributed by atoms with van der Waals surface area (Å²) in [5.41, 5.74) is 2.90. The SMILES string of the molecule is C=CC(=O)N1CCN2c3nc(=O)n(-c4c(C)ccnc4C(C)C)c4nc(-c5cc(O)cc6ccccc56)c(Cl)c(c34)OCC2C1. The zero-order chi connectivity index (χ0) is 31.6. The normalized spacial score (nSPS) is 16.1. The van der Waals surface area contributed by atoms with E-state index in [9.17, 15) is 14.7 Å². The average molecular weight is 623 g/mol. The zero-order valence-electron chi connectivity index (χ0n) is 25.1. The third kappa shape index (κ3) is 4.59. The van der Waals surface area contributed by atoms with Crippen LogP contribution in [-0.2, 0) is 4.79 Å². The molecule has 0 radical (unpaired) electrons. The van der Waals surface area contributed by atoms with E-state index in [1.54, 1.807) is 23.2 Å². The number of benzene rings is 2. The molecule has 1 saturated heterocycles. The van der Waals surface area contributed by atoms with Crippen LogP contribution in [0.25, 0.3) is 38.8 Å². The Morgan fingerprint density at radius 1 is 1.18 bits per heavy atom. The van der Waals surface area contributed by atoms with Gasteiger partial charge in [-0.1, -0.05) is 56.3 Å². The van der Waals surface area contributed by atoms with Crippen molar-refractivity contribution in [2.75, 3.05) is 31.1 Å². The third-order valence-corrected chi connectivity index (χ3v) is 8.94. The molecule has 7 rings (SSSR count). The number of aromatic hydroxyl groups is 1. The number of aromatic nitrogens is 4.